The van der Waals surface area contributed by atoms with E-state index in [4.69, 9.17) is 11.6 Å². The van der Waals surface area contributed by atoms with Crippen molar-refractivity contribution in [1.82, 2.24) is 0 Å². The highest BCUT2D eigenvalue weighted by atomic mass is 35.5. The van der Waals surface area contributed by atoms with Crippen LogP contribution in [-0.2, 0) is 5.75 Å². The summed E-state index contributed by atoms with van der Waals surface area (Å²) in [6, 6.07) is 6.09. The molecule has 0 aromatic heterocycles. The van der Waals surface area contributed by atoms with Gasteiger partial charge in [-0.05, 0) is 29.9 Å². The van der Waals surface area contributed by atoms with Crippen LogP contribution in [0.2, 0.25) is 5.02 Å². The molecule has 1 aliphatic heterocycles. The highest BCUT2D eigenvalue weighted by Crippen LogP contribution is 2.26. The number of fused-ring (bicyclic) bond motifs is 1. The summed E-state index contributed by atoms with van der Waals surface area (Å²) in [7, 11) is 0. The molecular formula is C10H12ClNS. The number of rotatable bonds is 0. The molecule has 0 unspecified atom stereocenters. The number of anilines is 1. The lowest BCUT2D eigenvalue weighted by Gasteiger charge is -2.15. The monoisotopic (exact) mass is 213 g/mol. The molecule has 0 aliphatic carbocycles. The van der Waals surface area contributed by atoms with Crippen LogP contribution in [0, 0.1) is 0 Å². The van der Waals surface area contributed by atoms with E-state index in [1.54, 1.807) is 0 Å². The lowest BCUT2D eigenvalue weighted by molar-refractivity contribution is 0.981. The van der Waals surface area contributed by atoms with Crippen molar-refractivity contribution in [3.8, 4) is 0 Å². The molecule has 1 nitrogen and oxygen atoms in total. The van der Waals surface area contributed by atoms with Gasteiger partial charge in [0.25, 0.3) is 0 Å². The first kappa shape index (κ1) is 9.22. The van der Waals surface area contributed by atoms with Crippen LogP contribution in [0.25, 0.3) is 0 Å². The van der Waals surface area contributed by atoms with Crippen LogP contribution in [0.15, 0.2) is 18.2 Å². The summed E-state index contributed by atoms with van der Waals surface area (Å²) in [5.74, 6) is 2.34. The average Bonchev–Trinajstić information content (AvgIpc) is 2.08. The Morgan fingerprint density at radius 2 is 2.31 bits per heavy atom. The number of hydrogen-bond donors (Lipinski definition) is 1. The van der Waals surface area contributed by atoms with Crippen molar-refractivity contribution >= 4 is 29.1 Å². The number of halogens is 1. The number of hydrogen-bond acceptors (Lipinski definition) is 2. The molecule has 1 aromatic carbocycles. The van der Waals surface area contributed by atoms with Crippen LogP contribution in [0.4, 0.5) is 5.69 Å². The molecule has 1 aromatic rings. The number of thioether (sulfide) groups is 1. The van der Waals surface area contributed by atoms with Gasteiger partial charge in [-0.3, -0.25) is 0 Å². The van der Waals surface area contributed by atoms with Crippen molar-refractivity contribution in [2.24, 2.45) is 0 Å². The van der Waals surface area contributed by atoms with E-state index >= 15 is 0 Å². The summed E-state index contributed by atoms with van der Waals surface area (Å²) in [6.45, 7) is 1.06. The second-order valence-electron chi connectivity index (χ2n) is 3.13. The summed E-state index contributed by atoms with van der Waals surface area (Å²) in [5, 5.41) is 4.22. The van der Waals surface area contributed by atoms with Gasteiger partial charge < -0.3 is 5.32 Å². The van der Waals surface area contributed by atoms with Crippen LogP contribution >= 0.6 is 23.4 Å². The maximum absolute atomic E-state index is 5.92. The molecule has 1 aliphatic rings. The molecule has 0 saturated carbocycles. The van der Waals surface area contributed by atoms with Crippen LogP contribution in [0.1, 0.15) is 12.0 Å². The van der Waals surface area contributed by atoms with Gasteiger partial charge in [-0.25, -0.2) is 0 Å². The smallest absolute Gasteiger partial charge is 0.0426 e. The maximum atomic E-state index is 5.92. The zero-order chi connectivity index (χ0) is 9.10. The van der Waals surface area contributed by atoms with Gasteiger partial charge in [0.15, 0.2) is 0 Å². The Balaban J connectivity index is 2.28. The molecule has 0 spiro atoms. The Hall–Kier alpha value is -0.340. The molecule has 0 bridgehead atoms. The zero-order valence-electron chi connectivity index (χ0n) is 7.35. The second-order valence-corrected chi connectivity index (χ2v) is 4.68. The van der Waals surface area contributed by atoms with Gasteiger partial charge in [0.05, 0.1) is 0 Å². The third-order valence-corrected chi connectivity index (χ3v) is 3.44. The summed E-state index contributed by atoms with van der Waals surface area (Å²) >= 11 is 7.92. The lowest BCUT2D eigenvalue weighted by Crippen LogP contribution is -2.07. The minimum atomic E-state index is 0.817. The van der Waals surface area contributed by atoms with Gasteiger partial charge in [0.2, 0.25) is 0 Å². The van der Waals surface area contributed by atoms with Crippen molar-refractivity contribution in [2.75, 3.05) is 17.6 Å². The molecule has 0 radical (unpaired) electrons. The van der Waals surface area contributed by atoms with Crippen LogP contribution in [0.5, 0.6) is 0 Å². The molecule has 70 valence electrons. The van der Waals surface area contributed by atoms with Crippen LogP contribution in [0.3, 0.4) is 0 Å². The van der Waals surface area contributed by atoms with Crippen molar-refractivity contribution in [3.63, 3.8) is 0 Å². The maximum Gasteiger partial charge on any atom is 0.0426 e. The van der Waals surface area contributed by atoms with E-state index in [0.717, 1.165) is 17.3 Å². The molecule has 0 saturated heterocycles. The normalized spacial score (nSPS) is 16.7. The molecule has 0 atom stereocenters. The van der Waals surface area contributed by atoms with Gasteiger partial charge in [0, 0.05) is 23.0 Å². The first-order valence-electron chi connectivity index (χ1n) is 4.46. The lowest BCUT2D eigenvalue weighted by atomic mass is 10.2. The predicted octanol–water partition coefficient (Wildman–Crippen LogP) is 3.39. The minimum Gasteiger partial charge on any atom is -0.385 e. The fraction of sp³-hybridized carbons (Fsp3) is 0.400. The highest BCUT2D eigenvalue weighted by molar-refractivity contribution is 7.98. The van der Waals surface area contributed by atoms with E-state index in [9.17, 15) is 0 Å². The molecule has 0 amide bonds. The Bertz CT molecular complexity index is 301. The van der Waals surface area contributed by atoms with Crippen molar-refractivity contribution < 1.29 is 0 Å². The molecule has 3 heteroatoms. The Labute approximate surface area is 87.9 Å². The average molecular weight is 214 g/mol. The summed E-state index contributed by atoms with van der Waals surface area (Å²) < 4.78 is 0. The Kier molecular flexibility index (Phi) is 3.01. The SMILES string of the molecule is Clc1ccc2c(c1)NCCCSC2. The quantitative estimate of drug-likeness (QED) is 0.709. The van der Waals surface area contributed by atoms with E-state index in [-0.39, 0.29) is 0 Å². The van der Waals surface area contributed by atoms with Crippen molar-refractivity contribution in [3.05, 3.63) is 28.8 Å². The topological polar surface area (TPSA) is 12.0 Å². The first-order chi connectivity index (χ1) is 6.36. The largest absolute Gasteiger partial charge is 0.385 e. The van der Waals surface area contributed by atoms with Crippen molar-refractivity contribution in [1.29, 1.82) is 0 Å². The molecule has 1 heterocycles. The van der Waals surface area contributed by atoms with Crippen molar-refractivity contribution in [2.45, 2.75) is 12.2 Å². The third-order valence-electron chi connectivity index (χ3n) is 2.11. The van der Waals surface area contributed by atoms with E-state index in [1.165, 1.54) is 23.4 Å². The number of nitrogens with one attached hydrogen (secondary N) is 1. The molecule has 2 rings (SSSR count). The second kappa shape index (κ2) is 4.25. The van der Waals surface area contributed by atoms with E-state index in [1.807, 2.05) is 23.9 Å². The van der Waals surface area contributed by atoms with Gasteiger partial charge in [-0.2, -0.15) is 11.8 Å². The molecule has 1 N–H and O–H groups in total. The predicted molar refractivity (Wildman–Crippen MR) is 60.7 cm³/mol. The fourth-order valence-electron chi connectivity index (χ4n) is 1.42. The fourth-order valence-corrected chi connectivity index (χ4v) is 2.56. The molecular weight excluding hydrogens is 202 g/mol. The van der Waals surface area contributed by atoms with Crippen LogP contribution in [-0.4, -0.2) is 12.3 Å². The van der Waals surface area contributed by atoms with Gasteiger partial charge in [0.1, 0.15) is 0 Å². The third kappa shape index (κ3) is 2.32. The number of benzene rings is 1. The van der Waals surface area contributed by atoms with E-state index in [0.29, 0.717) is 0 Å². The van der Waals surface area contributed by atoms with E-state index in [2.05, 4.69) is 11.4 Å². The highest BCUT2D eigenvalue weighted by Gasteiger charge is 2.05. The van der Waals surface area contributed by atoms with Gasteiger partial charge >= 0.3 is 0 Å². The summed E-state index contributed by atoms with van der Waals surface area (Å²) in [6.07, 6.45) is 1.23. The Morgan fingerprint density at radius 3 is 3.23 bits per heavy atom. The first-order valence-corrected chi connectivity index (χ1v) is 5.99. The van der Waals surface area contributed by atoms with Gasteiger partial charge in [-0.1, -0.05) is 17.7 Å². The molecule has 0 fully saturated rings. The van der Waals surface area contributed by atoms with Gasteiger partial charge in [-0.15, -0.1) is 0 Å². The summed E-state index contributed by atoms with van der Waals surface area (Å²) in [5.41, 5.74) is 2.58. The standard InChI is InChI=1S/C10H12ClNS/c11-9-3-2-8-7-13-5-1-4-12-10(8)6-9/h2-3,6,12H,1,4-5,7H2. The zero-order valence-corrected chi connectivity index (χ0v) is 8.92. The Morgan fingerprint density at radius 1 is 1.38 bits per heavy atom. The minimum absolute atomic E-state index is 0.817. The van der Waals surface area contributed by atoms with Crippen LogP contribution < -0.4 is 5.32 Å². The molecule has 13 heavy (non-hydrogen) atoms. The van der Waals surface area contributed by atoms with E-state index < -0.39 is 0 Å². The summed E-state index contributed by atoms with van der Waals surface area (Å²) in [4.78, 5) is 0.